The number of halogens is 1. The number of carbonyl (C=O) groups is 1. The molecule has 0 saturated heterocycles. The molecule has 20 heavy (non-hydrogen) atoms. The maximum Gasteiger partial charge on any atom is 0.227 e. The van der Waals surface area contributed by atoms with E-state index in [9.17, 15) is 9.90 Å². The van der Waals surface area contributed by atoms with Gasteiger partial charge in [-0.25, -0.2) is 0 Å². The van der Waals surface area contributed by atoms with Crippen LogP contribution in [0.4, 0.5) is 5.69 Å². The first kappa shape index (κ1) is 14.6. The SMILES string of the molecule is Cc1cc(Cl)ccc1NC(=O)CC(O)c1ccccc1. The summed E-state index contributed by atoms with van der Waals surface area (Å²) in [6, 6.07) is 14.4. The molecule has 2 rings (SSSR count). The second kappa shape index (κ2) is 6.55. The molecule has 2 aromatic carbocycles. The van der Waals surface area contributed by atoms with Crippen LogP contribution in [0.25, 0.3) is 0 Å². The lowest BCUT2D eigenvalue weighted by atomic mass is 10.1. The lowest BCUT2D eigenvalue weighted by Crippen LogP contribution is -2.16. The van der Waals surface area contributed by atoms with Crippen LogP contribution in [0.5, 0.6) is 0 Å². The lowest BCUT2D eigenvalue weighted by molar-refractivity contribution is -0.118. The summed E-state index contributed by atoms with van der Waals surface area (Å²) in [5, 5.41) is 13.4. The van der Waals surface area contributed by atoms with E-state index in [4.69, 9.17) is 11.6 Å². The third-order valence-electron chi connectivity index (χ3n) is 3.03. The molecule has 1 unspecified atom stereocenters. The summed E-state index contributed by atoms with van der Waals surface area (Å²) in [6.07, 6.45) is -0.782. The Morgan fingerprint density at radius 2 is 1.95 bits per heavy atom. The summed E-state index contributed by atoms with van der Waals surface area (Å²) in [6.45, 7) is 1.87. The fraction of sp³-hybridized carbons (Fsp3) is 0.188. The van der Waals surface area contributed by atoms with Crippen molar-refractivity contribution in [2.75, 3.05) is 5.32 Å². The third-order valence-corrected chi connectivity index (χ3v) is 3.26. The summed E-state index contributed by atoms with van der Waals surface area (Å²) in [5.74, 6) is -0.230. The Balaban J connectivity index is 1.99. The number of carbonyl (C=O) groups excluding carboxylic acids is 1. The number of aliphatic hydroxyl groups excluding tert-OH is 1. The number of rotatable bonds is 4. The lowest BCUT2D eigenvalue weighted by Gasteiger charge is -2.12. The van der Waals surface area contributed by atoms with Crippen LogP contribution in [0.1, 0.15) is 23.7 Å². The van der Waals surface area contributed by atoms with Crippen molar-refractivity contribution in [3.63, 3.8) is 0 Å². The highest BCUT2D eigenvalue weighted by molar-refractivity contribution is 6.30. The molecule has 104 valence electrons. The van der Waals surface area contributed by atoms with Crippen LogP contribution in [0.3, 0.4) is 0 Å². The molecule has 2 N–H and O–H groups in total. The van der Waals surface area contributed by atoms with Gasteiger partial charge in [0.15, 0.2) is 0 Å². The Morgan fingerprint density at radius 1 is 1.25 bits per heavy atom. The molecule has 0 spiro atoms. The molecule has 3 nitrogen and oxygen atoms in total. The first-order valence-corrected chi connectivity index (χ1v) is 6.73. The van der Waals surface area contributed by atoms with E-state index >= 15 is 0 Å². The van der Waals surface area contributed by atoms with E-state index in [1.165, 1.54) is 0 Å². The van der Waals surface area contributed by atoms with Crippen molar-refractivity contribution in [3.05, 3.63) is 64.7 Å². The molecule has 0 aliphatic carbocycles. The minimum Gasteiger partial charge on any atom is -0.388 e. The number of amides is 1. The molecule has 4 heteroatoms. The fourth-order valence-electron chi connectivity index (χ4n) is 1.94. The van der Waals surface area contributed by atoms with Crippen molar-refractivity contribution in [1.82, 2.24) is 0 Å². The minimum absolute atomic E-state index is 0.0199. The molecule has 0 heterocycles. The number of nitrogens with one attached hydrogen (secondary N) is 1. The van der Waals surface area contributed by atoms with E-state index < -0.39 is 6.10 Å². The summed E-state index contributed by atoms with van der Waals surface area (Å²) in [4.78, 5) is 11.9. The molecule has 0 radical (unpaired) electrons. The first-order valence-electron chi connectivity index (χ1n) is 6.35. The van der Waals surface area contributed by atoms with Gasteiger partial charge in [0, 0.05) is 10.7 Å². The predicted molar refractivity (Wildman–Crippen MR) is 80.8 cm³/mol. The van der Waals surface area contributed by atoms with Gasteiger partial charge in [-0.15, -0.1) is 0 Å². The monoisotopic (exact) mass is 289 g/mol. The zero-order valence-electron chi connectivity index (χ0n) is 11.1. The van der Waals surface area contributed by atoms with E-state index in [-0.39, 0.29) is 12.3 Å². The van der Waals surface area contributed by atoms with Gasteiger partial charge in [0.25, 0.3) is 0 Å². The standard InChI is InChI=1S/C16H16ClNO2/c1-11-9-13(17)7-8-14(11)18-16(20)10-15(19)12-5-3-2-4-6-12/h2-9,15,19H,10H2,1H3,(H,18,20). The van der Waals surface area contributed by atoms with Crippen LogP contribution >= 0.6 is 11.6 Å². The van der Waals surface area contributed by atoms with Gasteiger partial charge in [0.2, 0.25) is 5.91 Å². The van der Waals surface area contributed by atoms with Gasteiger partial charge < -0.3 is 10.4 Å². The topological polar surface area (TPSA) is 49.3 Å². The molecule has 1 amide bonds. The average molecular weight is 290 g/mol. The van der Waals surface area contributed by atoms with Gasteiger partial charge >= 0.3 is 0 Å². The van der Waals surface area contributed by atoms with Crippen LogP contribution < -0.4 is 5.32 Å². The second-order valence-electron chi connectivity index (χ2n) is 4.64. The Bertz CT molecular complexity index is 599. The van der Waals surface area contributed by atoms with Crippen molar-refractivity contribution < 1.29 is 9.90 Å². The fourth-order valence-corrected chi connectivity index (χ4v) is 2.16. The van der Waals surface area contributed by atoms with E-state index in [0.29, 0.717) is 10.7 Å². The average Bonchev–Trinajstić information content (AvgIpc) is 2.43. The van der Waals surface area contributed by atoms with Crippen LogP contribution in [-0.2, 0) is 4.79 Å². The molecule has 2 aromatic rings. The number of hydrogen-bond acceptors (Lipinski definition) is 2. The molecule has 0 fully saturated rings. The Labute approximate surface area is 123 Å². The summed E-state index contributed by atoms with van der Waals surface area (Å²) in [5.41, 5.74) is 2.33. The van der Waals surface area contributed by atoms with E-state index in [0.717, 1.165) is 11.1 Å². The van der Waals surface area contributed by atoms with Crippen LogP contribution in [-0.4, -0.2) is 11.0 Å². The Hall–Kier alpha value is -1.84. The van der Waals surface area contributed by atoms with Crippen molar-refractivity contribution in [3.8, 4) is 0 Å². The van der Waals surface area contributed by atoms with E-state index in [2.05, 4.69) is 5.32 Å². The molecule has 0 bridgehead atoms. The van der Waals surface area contributed by atoms with Gasteiger partial charge in [0.05, 0.1) is 12.5 Å². The first-order chi connectivity index (χ1) is 9.56. The number of anilines is 1. The van der Waals surface area contributed by atoms with Crippen molar-refractivity contribution >= 4 is 23.2 Å². The molecular weight excluding hydrogens is 274 g/mol. The van der Waals surface area contributed by atoms with Crippen LogP contribution in [0.2, 0.25) is 5.02 Å². The number of benzene rings is 2. The molecule has 0 aliphatic heterocycles. The maximum absolute atomic E-state index is 11.9. The van der Waals surface area contributed by atoms with Gasteiger partial charge in [-0.1, -0.05) is 41.9 Å². The van der Waals surface area contributed by atoms with Gasteiger partial charge in [0.1, 0.15) is 0 Å². The normalized spacial score (nSPS) is 11.9. The Morgan fingerprint density at radius 3 is 2.60 bits per heavy atom. The Kier molecular flexibility index (Phi) is 4.77. The van der Waals surface area contributed by atoms with Crippen LogP contribution in [0.15, 0.2) is 48.5 Å². The van der Waals surface area contributed by atoms with Crippen LogP contribution in [0, 0.1) is 6.92 Å². The van der Waals surface area contributed by atoms with E-state index in [1.54, 1.807) is 30.3 Å². The minimum atomic E-state index is -0.802. The second-order valence-corrected chi connectivity index (χ2v) is 5.07. The summed E-state index contributed by atoms with van der Waals surface area (Å²) < 4.78 is 0. The highest BCUT2D eigenvalue weighted by Crippen LogP contribution is 2.21. The van der Waals surface area contributed by atoms with Crippen molar-refractivity contribution in [2.24, 2.45) is 0 Å². The largest absolute Gasteiger partial charge is 0.388 e. The van der Waals surface area contributed by atoms with Gasteiger partial charge in [-0.2, -0.15) is 0 Å². The quantitative estimate of drug-likeness (QED) is 0.901. The van der Waals surface area contributed by atoms with Crippen molar-refractivity contribution in [2.45, 2.75) is 19.4 Å². The van der Waals surface area contributed by atoms with Gasteiger partial charge in [-0.05, 0) is 36.2 Å². The number of hydrogen-bond donors (Lipinski definition) is 2. The predicted octanol–water partition coefficient (Wildman–Crippen LogP) is 3.71. The molecule has 0 aliphatic rings. The smallest absolute Gasteiger partial charge is 0.227 e. The zero-order valence-corrected chi connectivity index (χ0v) is 11.9. The maximum atomic E-state index is 11.9. The number of aryl methyl sites for hydroxylation is 1. The third kappa shape index (κ3) is 3.83. The van der Waals surface area contributed by atoms with Crippen molar-refractivity contribution in [1.29, 1.82) is 0 Å². The molecule has 0 saturated carbocycles. The molecule has 0 aromatic heterocycles. The summed E-state index contributed by atoms with van der Waals surface area (Å²) in [7, 11) is 0. The van der Waals surface area contributed by atoms with Gasteiger partial charge in [-0.3, -0.25) is 4.79 Å². The number of aliphatic hydroxyl groups is 1. The summed E-state index contributed by atoms with van der Waals surface area (Å²) >= 11 is 5.87. The zero-order chi connectivity index (χ0) is 14.5. The highest BCUT2D eigenvalue weighted by Gasteiger charge is 2.13. The molecular formula is C16H16ClNO2. The highest BCUT2D eigenvalue weighted by atomic mass is 35.5. The molecule has 1 atom stereocenters. The van der Waals surface area contributed by atoms with E-state index in [1.807, 2.05) is 25.1 Å².